The molecule has 1 rings (SSSR count). The Kier molecular flexibility index (Phi) is 10.5. The Labute approximate surface area is 156 Å². The summed E-state index contributed by atoms with van der Waals surface area (Å²) >= 11 is 0. The molecule has 1 aliphatic rings. The van der Waals surface area contributed by atoms with Crippen LogP contribution in [0.5, 0.6) is 0 Å². The second-order valence-corrected chi connectivity index (χ2v) is 6.43. The van der Waals surface area contributed by atoms with E-state index in [1.54, 1.807) is 0 Å². The number of nitrogens with zero attached hydrogens (tertiary/aromatic N) is 2. The van der Waals surface area contributed by atoms with Crippen molar-refractivity contribution in [1.29, 1.82) is 0 Å². The van der Waals surface area contributed by atoms with Gasteiger partial charge >= 0.3 is 6.09 Å². The molecule has 0 spiro atoms. The van der Waals surface area contributed by atoms with Gasteiger partial charge in [0.05, 0.1) is 25.8 Å². The Hall–Kier alpha value is -0.770. The molecule has 0 radical (unpaired) electrons. The van der Waals surface area contributed by atoms with Crippen LogP contribution in [0.3, 0.4) is 0 Å². The number of carbonyl (C=O) groups is 1. The minimum Gasteiger partial charge on any atom is -0.444 e. The number of hydrogen-bond donors (Lipinski definition) is 2. The second-order valence-electron chi connectivity index (χ2n) is 6.43. The van der Waals surface area contributed by atoms with Crippen LogP contribution < -0.4 is 11.1 Å². The Morgan fingerprint density at radius 1 is 1.39 bits per heavy atom. The van der Waals surface area contributed by atoms with Gasteiger partial charge in [-0.1, -0.05) is 13.3 Å². The van der Waals surface area contributed by atoms with Gasteiger partial charge in [0, 0.05) is 13.1 Å². The fourth-order valence-corrected chi connectivity index (χ4v) is 2.13. The maximum absolute atomic E-state index is 11.9. The van der Waals surface area contributed by atoms with Crippen molar-refractivity contribution in [3.8, 4) is 0 Å². The van der Waals surface area contributed by atoms with E-state index < -0.39 is 11.7 Å². The van der Waals surface area contributed by atoms with E-state index in [2.05, 4.69) is 17.2 Å². The van der Waals surface area contributed by atoms with Crippen LogP contribution in [0.1, 0.15) is 40.5 Å². The van der Waals surface area contributed by atoms with Gasteiger partial charge in [-0.25, -0.2) is 4.79 Å². The van der Waals surface area contributed by atoms with Crippen molar-refractivity contribution in [2.75, 3.05) is 32.8 Å². The Balaban J connectivity index is 0.00000484. The van der Waals surface area contributed by atoms with Crippen molar-refractivity contribution < 1.29 is 14.3 Å². The molecule has 1 heterocycles. The van der Waals surface area contributed by atoms with Crippen LogP contribution in [0.25, 0.3) is 0 Å². The molecule has 3 N–H and O–H groups in total. The first-order valence-corrected chi connectivity index (χ1v) is 7.94. The predicted octanol–water partition coefficient (Wildman–Crippen LogP) is 1.94. The first-order chi connectivity index (χ1) is 10.3. The van der Waals surface area contributed by atoms with E-state index in [0.29, 0.717) is 25.7 Å². The van der Waals surface area contributed by atoms with Gasteiger partial charge in [-0.15, -0.1) is 24.0 Å². The van der Waals surface area contributed by atoms with Gasteiger partial charge in [0.25, 0.3) is 0 Å². The fourth-order valence-electron chi connectivity index (χ4n) is 2.13. The zero-order chi connectivity index (χ0) is 16.6. The first kappa shape index (κ1) is 22.2. The molecule has 23 heavy (non-hydrogen) atoms. The number of nitrogens with one attached hydrogen (secondary N) is 1. The molecule has 0 bridgehead atoms. The summed E-state index contributed by atoms with van der Waals surface area (Å²) in [4.78, 5) is 18.3. The van der Waals surface area contributed by atoms with E-state index in [1.165, 1.54) is 0 Å². The highest BCUT2D eigenvalue weighted by Gasteiger charge is 2.19. The molecular weight excluding hydrogens is 411 g/mol. The molecule has 1 atom stereocenters. The third kappa shape index (κ3) is 9.85. The molecule has 8 heteroatoms. The molecular formula is C15H31IN4O3. The fraction of sp³-hybridized carbons (Fsp3) is 0.867. The van der Waals surface area contributed by atoms with Crippen LogP contribution in [-0.4, -0.2) is 61.4 Å². The lowest BCUT2D eigenvalue weighted by molar-refractivity contribution is 0.0503. The highest BCUT2D eigenvalue weighted by Crippen LogP contribution is 2.08. The predicted molar refractivity (Wildman–Crippen MR) is 102 cm³/mol. The lowest BCUT2D eigenvalue weighted by atomic mass is 10.1. The topological polar surface area (TPSA) is 89.2 Å². The van der Waals surface area contributed by atoms with E-state index in [1.807, 2.05) is 25.7 Å². The number of morpholine rings is 1. The largest absolute Gasteiger partial charge is 0.444 e. The van der Waals surface area contributed by atoms with Crippen molar-refractivity contribution >= 4 is 36.0 Å². The van der Waals surface area contributed by atoms with Gasteiger partial charge in [0.1, 0.15) is 5.60 Å². The molecule has 0 aromatic carbocycles. The molecule has 0 aromatic heterocycles. The number of carbonyl (C=O) groups excluding carboxylic acids is 1. The van der Waals surface area contributed by atoms with E-state index in [-0.39, 0.29) is 30.0 Å². The van der Waals surface area contributed by atoms with Crippen LogP contribution in [0, 0.1) is 0 Å². The smallest absolute Gasteiger partial charge is 0.407 e. The molecule has 0 saturated carbocycles. The molecule has 1 fully saturated rings. The van der Waals surface area contributed by atoms with E-state index in [0.717, 1.165) is 25.9 Å². The number of halogens is 1. The molecule has 0 aromatic rings. The average molecular weight is 442 g/mol. The molecule has 1 aliphatic heterocycles. The number of amides is 1. The number of rotatable bonds is 5. The Morgan fingerprint density at radius 3 is 2.52 bits per heavy atom. The van der Waals surface area contributed by atoms with Gasteiger partial charge < -0.3 is 25.4 Å². The Morgan fingerprint density at radius 2 is 2.00 bits per heavy atom. The van der Waals surface area contributed by atoms with Gasteiger partial charge in [-0.05, 0) is 27.2 Å². The summed E-state index contributed by atoms with van der Waals surface area (Å²) in [5.74, 6) is 0.510. The van der Waals surface area contributed by atoms with Crippen LogP contribution in [0.4, 0.5) is 4.79 Å². The van der Waals surface area contributed by atoms with Crippen molar-refractivity contribution in [3.63, 3.8) is 0 Å². The van der Waals surface area contributed by atoms with E-state index in [9.17, 15) is 4.79 Å². The number of aliphatic imine (C=N–C) groups is 1. The molecule has 136 valence electrons. The van der Waals surface area contributed by atoms with Gasteiger partial charge in [0.15, 0.2) is 5.96 Å². The summed E-state index contributed by atoms with van der Waals surface area (Å²) in [6, 6.07) is -0.0700. The standard InChI is InChI=1S/C15H30N4O3.HI/c1-5-6-12(18-14(20)22-15(2,3)4)11-17-13(16)19-7-9-21-10-8-19;/h12H,5-11H2,1-4H3,(H2,16,17)(H,18,20);1H. The lowest BCUT2D eigenvalue weighted by Crippen LogP contribution is -2.46. The summed E-state index contributed by atoms with van der Waals surface area (Å²) in [5, 5.41) is 2.87. The SMILES string of the molecule is CCCC(CN=C(N)N1CCOCC1)NC(=O)OC(C)(C)C.I. The molecule has 0 aliphatic carbocycles. The normalized spacial score (nSPS) is 17.2. The summed E-state index contributed by atoms with van der Waals surface area (Å²) in [6.07, 6.45) is 1.37. The van der Waals surface area contributed by atoms with Crippen molar-refractivity contribution in [2.24, 2.45) is 10.7 Å². The zero-order valence-corrected chi connectivity index (χ0v) is 17.0. The maximum atomic E-state index is 11.9. The van der Waals surface area contributed by atoms with Crippen molar-refractivity contribution in [3.05, 3.63) is 0 Å². The van der Waals surface area contributed by atoms with Gasteiger partial charge in [-0.3, -0.25) is 4.99 Å². The highest BCUT2D eigenvalue weighted by molar-refractivity contribution is 14.0. The quantitative estimate of drug-likeness (QED) is 0.386. The summed E-state index contributed by atoms with van der Waals surface area (Å²) in [6.45, 7) is 10.9. The number of alkyl carbamates (subject to hydrolysis) is 1. The summed E-state index contributed by atoms with van der Waals surface area (Å²) in [7, 11) is 0. The molecule has 1 amide bonds. The zero-order valence-electron chi connectivity index (χ0n) is 14.6. The van der Waals surface area contributed by atoms with Gasteiger partial charge in [0.2, 0.25) is 0 Å². The van der Waals surface area contributed by atoms with Crippen LogP contribution in [0.2, 0.25) is 0 Å². The summed E-state index contributed by atoms with van der Waals surface area (Å²) < 4.78 is 10.6. The van der Waals surface area contributed by atoms with E-state index >= 15 is 0 Å². The summed E-state index contributed by atoms with van der Waals surface area (Å²) in [5.41, 5.74) is 5.50. The number of ether oxygens (including phenoxy) is 2. The third-order valence-electron chi connectivity index (χ3n) is 3.17. The minimum absolute atomic E-state index is 0. The maximum Gasteiger partial charge on any atom is 0.407 e. The average Bonchev–Trinajstić information content (AvgIpc) is 2.43. The van der Waals surface area contributed by atoms with Crippen LogP contribution >= 0.6 is 24.0 Å². The van der Waals surface area contributed by atoms with Crippen LogP contribution in [-0.2, 0) is 9.47 Å². The number of hydrogen-bond acceptors (Lipinski definition) is 4. The van der Waals surface area contributed by atoms with Crippen molar-refractivity contribution in [1.82, 2.24) is 10.2 Å². The second kappa shape index (κ2) is 10.9. The molecule has 7 nitrogen and oxygen atoms in total. The Bertz CT molecular complexity index is 379. The minimum atomic E-state index is -0.503. The first-order valence-electron chi connectivity index (χ1n) is 7.94. The molecule has 1 saturated heterocycles. The monoisotopic (exact) mass is 442 g/mol. The lowest BCUT2D eigenvalue weighted by Gasteiger charge is -2.28. The number of guanidine groups is 1. The van der Waals surface area contributed by atoms with Crippen LogP contribution in [0.15, 0.2) is 4.99 Å². The van der Waals surface area contributed by atoms with Gasteiger partial charge in [-0.2, -0.15) is 0 Å². The van der Waals surface area contributed by atoms with Crippen molar-refractivity contribution in [2.45, 2.75) is 52.2 Å². The number of nitrogens with two attached hydrogens (primary N) is 1. The third-order valence-corrected chi connectivity index (χ3v) is 3.17. The van der Waals surface area contributed by atoms with E-state index in [4.69, 9.17) is 15.2 Å². The highest BCUT2D eigenvalue weighted by atomic mass is 127. The molecule has 1 unspecified atom stereocenters.